The van der Waals surface area contributed by atoms with Crippen molar-refractivity contribution >= 4 is 17.7 Å². The van der Waals surface area contributed by atoms with Crippen molar-refractivity contribution in [3.05, 3.63) is 71.6 Å². The highest BCUT2D eigenvalue weighted by molar-refractivity contribution is 7.99. The predicted molar refractivity (Wildman–Crippen MR) is 106 cm³/mol. The predicted octanol–water partition coefficient (Wildman–Crippen LogP) is 4.59. The van der Waals surface area contributed by atoms with Crippen LogP contribution in [0.25, 0.3) is 11.5 Å². The zero-order valence-electron chi connectivity index (χ0n) is 15.1. The minimum Gasteiger partial charge on any atom is -0.493 e. The lowest BCUT2D eigenvalue weighted by Gasteiger charge is -2.07. The van der Waals surface area contributed by atoms with Gasteiger partial charge in [-0.1, -0.05) is 30.3 Å². The van der Waals surface area contributed by atoms with Crippen molar-refractivity contribution in [2.24, 2.45) is 0 Å². The molecule has 0 aliphatic carbocycles. The molecule has 2 aromatic carbocycles. The lowest BCUT2D eigenvalue weighted by Crippen LogP contribution is -2.02. The van der Waals surface area contributed by atoms with Crippen LogP contribution in [0.1, 0.15) is 17.0 Å². The van der Waals surface area contributed by atoms with Gasteiger partial charge in [0.25, 0.3) is 0 Å². The molecule has 0 saturated carbocycles. The highest BCUT2D eigenvalue weighted by Crippen LogP contribution is 2.22. The molecule has 0 radical (unpaired) electrons. The summed E-state index contributed by atoms with van der Waals surface area (Å²) in [5, 5.41) is 8.71. The number of carbonyl (C=O) groups is 1. The van der Waals surface area contributed by atoms with Gasteiger partial charge in [-0.15, -0.1) is 11.8 Å². The Morgan fingerprint density at radius 1 is 1.19 bits per heavy atom. The molecule has 0 spiro atoms. The van der Waals surface area contributed by atoms with Crippen LogP contribution in [0.2, 0.25) is 0 Å². The van der Waals surface area contributed by atoms with Gasteiger partial charge in [0.2, 0.25) is 5.89 Å². The summed E-state index contributed by atoms with van der Waals surface area (Å²) in [5.41, 5.74) is 2.87. The van der Waals surface area contributed by atoms with Crippen LogP contribution in [0.15, 0.2) is 59.0 Å². The van der Waals surface area contributed by atoms with Crippen LogP contribution in [0.4, 0.5) is 0 Å². The quantitative estimate of drug-likeness (QED) is 0.583. The van der Waals surface area contributed by atoms with Crippen LogP contribution < -0.4 is 4.74 Å². The van der Waals surface area contributed by atoms with Crippen LogP contribution in [-0.4, -0.2) is 28.4 Å². The highest BCUT2D eigenvalue weighted by atomic mass is 32.2. The number of thioether (sulfide) groups is 1. The summed E-state index contributed by atoms with van der Waals surface area (Å²) in [5.74, 6) is 2.15. The Bertz CT molecular complexity index is 892. The molecule has 3 aromatic rings. The normalized spacial score (nSPS) is 10.7. The summed E-state index contributed by atoms with van der Waals surface area (Å²) < 4.78 is 11.7. The molecule has 0 amide bonds. The number of rotatable bonds is 9. The fourth-order valence-corrected chi connectivity index (χ4v) is 3.30. The number of carboxylic acid groups (broad SMARTS) is 1. The fourth-order valence-electron chi connectivity index (χ4n) is 2.61. The maximum atomic E-state index is 10.6. The summed E-state index contributed by atoms with van der Waals surface area (Å²) in [6.07, 6.45) is 0.629. The molecule has 0 aliphatic heterocycles. The van der Waals surface area contributed by atoms with Crippen molar-refractivity contribution in [3.63, 3.8) is 0 Å². The molecule has 0 fully saturated rings. The highest BCUT2D eigenvalue weighted by Gasteiger charge is 2.11. The van der Waals surface area contributed by atoms with Crippen LogP contribution in [-0.2, 0) is 17.0 Å². The topological polar surface area (TPSA) is 72.6 Å². The van der Waals surface area contributed by atoms with Gasteiger partial charge in [0.15, 0.2) is 0 Å². The van der Waals surface area contributed by atoms with Crippen LogP contribution in [0.3, 0.4) is 0 Å². The Hall–Kier alpha value is -2.73. The van der Waals surface area contributed by atoms with Gasteiger partial charge in [0, 0.05) is 17.7 Å². The number of aryl methyl sites for hydroxylation is 1. The Kier molecular flexibility index (Phi) is 6.54. The van der Waals surface area contributed by atoms with Crippen molar-refractivity contribution in [2.75, 3.05) is 12.4 Å². The number of nitrogens with zero attached hydrogens (tertiary/aromatic N) is 1. The molecule has 0 saturated heterocycles. The summed E-state index contributed by atoms with van der Waals surface area (Å²) in [7, 11) is 0. The minimum atomic E-state index is -0.801. The van der Waals surface area contributed by atoms with Crippen LogP contribution in [0, 0.1) is 6.92 Å². The molecule has 0 aliphatic rings. The lowest BCUT2D eigenvalue weighted by atomic mass is 10.2. The number of oxazole rings is 1. The van der Waals surface area contributed by atoms with Gasteiger partial charge < -0.3 is 14.3 Å². The summed E-state index contributed by atoms with van der Waals surface area (Å²) >= 11 is 1.37. The number of aromatic nitrogens is 1. The molecule has 1 aromatic heterocycles. The monoisotopic (exact) mass is 383 g/mol. The Morgan fingerprint density at radius 3 is 2.78 bits per heavy atom. The van der Waals surface area contributed by atoms with E-state index in [9.17, 15) is 4.79 Å². The molecule has 0 bridgehead atoms. The van der Waals surface area contributed by atoms with Crippen molar-refractivity contribution in [1.29, 1.82) is 0 Å². The first kappa shape index (κ1) is 19.0. The molecule has 1 heterocycles. The Balaban J connectivity index is 1.54. The second kappa shape index (κ2) is 9.28. The third kappa shape index (κ3) is 5.62. The molecule has 5 nitrogen and oxygen atoms in total. The van der Waals surface area contributed by atoms with Crippen LogP contribution in [0.5, 0.6) is 5.75 Å². The first-order valence-electron chi connectivity index (χ1n) is 8.65. The average Bonchev–Trinajstić information content (AvgIpc) is 3.03. The van der Waals surface area contributed by atoms with Crippen molar-refractivity contribution in [3.8, 4) is 17.2 Å². The van der Waals surface area contributed by atoms with Gasteiger partial charge in [0.1, 0.15) is 11.5 Å². The first-order valence-corrected chi connectivity index (χ1v) is 9.80. The minimum absolute atomic E-state index is 0.0968. The second-order valence-corrected chi connectivity index (χ2v) is 7.01. The van der Waals surface area contributed by atoms with Crippen molar-refractivity contribution in [2.45, 2.75) is 19.1 Å². The molecular weight excluding hydrogens is 362 g/mol. The van der Waals surface area contributed by atoms with E-state index in [1.165, 1.54) is 11.8 Å². The van der Waals surface area contributed by atoms with E-state index in [0.29, 0.717) is 24.7 Å². The molecule has 0 atom stereocenters. The second-order valence-electron chi connectivity index (χ2n) is 6.03. The molecule has 140 valence electrons. The number of aliphatic carboxylic acids is 1. The van der Waals surface area contributed by atoms with Gasteiger partial charge in [-0.05, 0) is 36.8 Å². The largest absolute Gasteiger partial charge is 0.493 e. The number of ether oxygens (including phenoxy) is 1. The SMILES string of the molecule is Cc1nc(-c2ccccc2)oc1CCOc1cccc(CSCC(=O)O)c1. The van der Waals surface area contributed by atoms with Crippen LogP contribution >= 0.6 is 11.8 Å². The Morgan fingerprint density at radius 2 is 2.00 bits per heavy atom. The molecule has 3 rings (SSSR count). The maximum Gasteiger partial charge on any atom is 0.313 e. The number of benzene rings is 2. The lowest BCUT2D eigenvalue weighted by molar-refractivity contribution is -0.133. The average molecular weight is 383 g/mol. The smallest absolute Gasteiger partial charge is 0.313 e. The zero-order valence-corrected chi connectivity index (χ0v) is 15.9. The van der Waals surface area contributed by atoms with E-state index in [4.69, 9.17) is 14.3 Å². The first-order chi connectivity index (χ1) is 13.1. The van der Waals surface area contributed by atoms with Crippen molar-refractivity contribution in [1.82, 2.24) is 4.98 Å². The number of carboxylic acids is 1. The van der Waals surface area contributed by atoms with Gasteiger partial charge in [-0.2, -0.15) is 0 Å². The summed E-state index contributed by atoms with van der Waals surface area (Å²) in [6.45, 7) is 2.42. The zero-order chi connectivity index (χ0) is 19.1. The fraction of sp³-hybridized carbons (Fsp3) is 0.238. The summed E-state index contributed by atoms with van der Waals surface area (Å²) in [4.78, 5) is 15.1. The third-order valence-electron chi connectivity index (χ3n) is 3.90. The Labute approximate surface area is 162 Å². The van der Waals surface area contributed by atoms with E-state index in [0.717, 1.165) is 28.3 Å². The molecule has 6 heteroatoms. The van der Waals surface area contributed by atoms with Gasteiger partial charge in [-0.3, -0.25) is 4.79 Å². The summed E-state index contributed by atoms with van der Waals surface area (Å²) in [6, 6.07) is 17.5. The standard InChI is InChI=1S/C21H21NO4S/c1-15-19(26-21(22-15)17-7-3-2-4-8-17)10-11-25-18-9-5-6-16(12-18)13-27-14-20(23)24/h2-9,12H,10-11,13-14H2,1H3,(H,23,24). The van der Waals surface area contributed by atoms with Gasteiger partial charge >= 0.3 is 5.97 Å². The van der Waals surface area contributed by atoms with E-state index in [-0.39, 0.29) is 5.75 Å². The molecular formula is C21H21NO4S. The number of hydrogen-bond donors (Lipinski definition) is 1. The van der Waals surface area contributed by atoms with E-state index in [1.807, 2.05) is 61.5 Å². The van der Waals surface area contributed by atoms with Gasteiger partial charge in [-0.25, -0.2) is 4.98 Å². The maximum absolute atomic E-state index is 10.6. The van der Waals surface area contributed by atoms with E-state index in [2.05, 4.69) is 4.98 Å². The molecule has 27 heavy (non-hydrogen) atoms. The van der Waals surface area contributed by atoms with Gasteiger partial charge in [0.05, 0.1) is 18.1 Å². The molecule has 1 N–H and O–H groups in total. The van der Waals surface area contributed by atoms with E-state index in [1.54, 1.807) is 0 Å². The van der Waals surface area contributed by atoms with E-state index >= 15 is 0 Å². The number of hydrogen-bond acceptors (Lipinski definition) is 5. The third-order valence-corrected chi connectivity index (χ3v) is 4.89. The molecule has 0 unspecified atom stereocenters. The van der Waals surface area contributed by atoms with Crippen molar-refractivity contribution < 1.29 is 19.1 Å². The van der Waals surface area contributed by atoms with E-state index < -0.39 is 5.97 Å².